The fraction of sp³-hybridized carbons (Fsp3) is 0.500. The Balaban J connectivity index is 2.73. The van der Waals surface area contributed by atoms with Gasteiger partial charge in [-0.15, -0.1) is 0 Å². The molecule has 0 amide bonds. The summed E-state index contributed by atoms with van der Waals surface area (Å²) in [6.07, 6.45) is -1.49. The molecular weight excluding hydrogens is 425 g/mol. The van der Waals surface area contributed by atoms with Crippen LogP contribution in [0.5, 0.6) is 0 Å². The molecule has 15 nitrogen and oxygen atoms in total. The summed E-state index contributed by atoms with van der Waals surface area (Å²) in [5.74, 6) is 0. The minimum absolute atomic E-state index is 0.373. The van der Waals surface area contributed by atoms with Crippen molar-refractivity contribution in [3.8, 4) is 0 Å². The minimum Gasteiger partial charge on any atom is -0.394 e. The maximum Gasteiger partial charge on any atom is 0.488 e. The van der Waals surface area contributed by atoms with Crippen LogP contribution in [0, 0.1) is 0 Å². The summed E-state index contributed by atoms with van der Waals surface area (Å²) < 4.78 is 46.2. The Hall–Kier alpha value is -0.950. The summed E-state index contributed by atoms with van der Waals surface area (Å²) >= 11 is 0. The topological polar surface area (TPSA) is 235 Å². The van der Waals surface area contributed by atoms with E-state index in [1.165, 1.54) is 0 Å². The predicted octanol–water partition coefficient (Wildman–Crippen LogP) is -1.72. The number of nitrogens with zero attached hydrogens (tertiary/aromatic N) is 1. The van der Waals surface area contributed by atoms with E-state index in [2.05, 4.69) is 8.62 Å². The molecule has 0 spiro atoms. The molecule has 1 aromatic rings. The van der Waals surface area contributed by atoms with Crippen LogP contribution in [-0.2, 0) is 33.6 Å². The predicted molar refractivity (Wildman–Crippen MR) is 82.0 cm³/mol. The van der Waals surface area contributed by atoms with E-state index < -0.39 is 53.5 Å². The number of aliphatic hydroxyl groups is 1. The van der Waals surface area contributed by atoms with Gasteiger partial charge in [-0.3, -0.25) is 18.9 Å². The standard InChI is InChI=1S/C8H15N2O13P3/c11-4-6(3-10-2-1-7(12)9-8(10)13)21-5-24(14,15)22-26(19,20)23-25(16,17)18/h1-2,6,11H,3-5H2,(H,14,15)(H,19,20)(H,9,12,13)(H2,16,17,18). The number of phosphoric acid groups is 2. The first-order chi connectivity index (χ1) is 11.7. The van der Waals surface area contributed by atoms with E-state index in [0.717, 1.165) is 16.8 Å². The summed E-state index contributed by atoms with van der Waals surface area (Å²) in [5.41, 5.74) is -1.53. The van der Waals surface area contributed by atoms with Gasteiger partial charge in [0.1, 0.15) is 6.35 Å². The van der Waals surface area contributed by atoms with Gasteiger partial charge in [0.05, 0.1) is 19.3 Å². The van der Waals surface area contributed by atoms with Crippen LogP contribution >= 0.6 is 23.2 Å². The van der Waals surface area contributed by atoms with E-state index >= 15 is 0 Å². The molecule has 0 radical (unpaired) electrons. The summed E-state index contributed by atoms with van der Waals surface area (Å²) in [6.45, 7) is -1.14. The molecular formula is C8H15N2O13P3. The van der Waals surface area contributed by atoms with Gasteiger partial charge in [0.15, 0.2) is 0 Å². The van der Waals surface area contributed by atoms with Crippen LogP contribution in [0.2, 0.25) is 0 Å². The van der Waals surface area contributed by atoms with E-state index in [1.807, 2.05) is 4.98 Å². The van der Waals surface area contributed by atoms with Crippen LogP contribution < -0.4 is 11.2 Å². The summed E-state index contributed by atoms with van der Waals surface area (Å²) in [7, 11) is -16.1. The Morgan fingerprint density at radius 2 is 1.73 bits per heavy atom. The Bertz CT molecular complexity index is 871. The first-order valence-corrected chi connectivity index (χ1v) is 11.2. The Labute approximate surface area is 144 Å². The van der Waals surface area contributed by atoms with Crippen molar-refractivity contribution in [2.24, 2.45) is 0 Å². The molecule has 0 aliphatic carbocycles. The second kappa shape index (κ2) is 8.83. The van der Waals surface area contributed by atoms with Crippen molar-refractivity contribution in [2.45, 2.75) is 12.6 Å². The zero-order chi connectivity index (χ0) is 20.2. The first-order valence-electron chi connectivity index (χ1n) is 6.38. The van der Waals surface area contributed by atoms with E-state index in [0.29, 0.717) is 0 Å². The molecule has 0 saturated carbocycles. The van der Waals surface area contributed by atoms with Crippen LogP contribution in [-0.4, -0.2) is 53.3 Å². The van der Waals surface area contributed by atoms with Gasteiger partial charge in [-0.2, -0.15) is 4.31 Å². The highest BCUT2D eigenvalue weighted by atomic mass is 31.3. The lowest BCUT2D eigenvalue weighted by Gasteiger charge is -2.20. The van der Waals surface area contributed by atoms with Gasteiger partial charge >= 0.3 is 28.9 Å². The van der Waals surface area contributed by atoms with Gasteiger partial charge in [-0.25, -0.2) is 18.2 Å². The van der Waals surface area contributed by atoms with Crippen molar-refractivity contribution in [1.82, 2.24) is 9.55 Å². The fourth-order valence-electron chi connectivity index (χ4n) is 1.50. The number of aromatic nitrogens is 2. The van der Waals surface area contributed by atoms with Crippen molar-refractivity contribution >= 4 is 23.2 Å². The van der Waals surface area contributed by atoms with E-state index in [9.17, 15) is 28.2 Å². The number of H-pyrrole nitrogens is 1. The normalized spacial score (nSPS) is 18.0. The number of ether oxygens (including phenoxy) is 1. The number of aliphatic hydroxyl groups excluding tert-OH is 1. The second-order valence-corrected chi connectivity index (χ2v) is 9.38. The Morgan fingerprint density at radius 3 is 2.23 bits per heavy atom. The van der Waals surface area contributed by atoms with Crippen LogP contribution in [0.15, 0.2) is 21.9 Å². The molecule has 0 bridgehead atoms. The molecule has 0 aliphatic heterocycles. The molecule has 150 valence electrons. The van der Waals surface area contributed by atoms with Crippen molar-refractivity contribution < 1.29 is 51.7 Å². The monoisotopic (exact) mass is 440 g/mol. The Kier molecular flexibility index (Phi) is 7.84. The van der Waals surface area contributed by atoms with E-state index in [-0.39, 0.29) is 6.54 Å². The van der Waals surface area contributed by atoms with Crippen molar-refractivity contribution in [1.29, 1.82) is 0 Å². The van der Waals surface area contributed by atoms with Crippen molar-refractivity contribution in [3.05, 3.63) is 33.1 Å². The molecule has 3 unspecified atom stereocenters. The third kappa shape index (κ3) is 8.62. The van der Waals surface area contributed by atoms with Gasteiger partial charge in [0.2, 0.25) is 0 Å². The van der Waals surface area contributed by atoms with Crippen LogP contribution in [0.3, 0.4) is 0 Å². The quantitative estimate of drug-likeness (QED) is 0.222. The molecule has 26 heavy (non-hydrogen) atoms. The summed E-state index contributed by atoms with van der Waals surface area (Å²) in [4.78, 5) is 59.5. The van der Waals surface area contributed by atoms with Crippen LogP contribution in [0.1, 0.15) is 0 Å². The number of aromatic amines is 1. The molecule has 0 aromatic carbocycles. The lowest BCUT2D eigenvalue weighted by Crippen LogP contribution is -2.34. The van der Waals surface area contributed by atoms with E-state index in [4.69, 9.17) is 24.5 Å². The van der Waals surface area contributed by atoms with Gasteiger partial charge in [0.25, 0.3) is 5.56 Å². The largest absolute Gasteiger partial charge is 0.488 e. The fourth-order valence-corrected chi connectivity index (χ4v) is 4.84. The second-order valence-electron chi connectivity index (χ2n) is 4.62. The molecule has 0 saturated heterocycles. The van der Waals surface area contributed by atoms with Crippen molar-refractivity contribution in [3.63, 3.8) is 0 Å². The molecule has 0 fully saturated rings. The third-order valence-electron chi connectivity index (χ3n) is 2.41. The van der Waals surface area contributed by atoms with E-state index in [1.54, 1.807) is 0 Å². The molecule has 3 atom stereocenters. The molecule has 1 rings (SSSR count). The molecule has 6 N–H and O–H groups in total. The Morgan fingerprint density at radius 1 is 1.12 bits per heavy atom. The zero-order valence-corrected chi connectivity index (χ0v) is 15.3. The SMILES string of the molecule is O=c1ccn(CC(CO)OCP(=O)(O)OP(=O)(O)OP(=O)(O)O)c(=O)[nH]1. The lowest BCUT2D eigenvalue weighted by atomic mass is 10.3. The van der Waals surface area contributed by atoms with Gasteiger partial charge in [-0.05, 0) is 0 Å². The summed E-state index contributed by atoms with van der Waals surface area (Å²) in [5, 5.41) is 9.16. The van der Waals surface area contributed by atoms with Gasteiger partial charge in [-0.1, -0.05) is 0 Å². The number of hydrogen-bond donors (Lipinski definition) is 6. The molecule has 0 aliphatic rings. The van der Waals surface area contributed by atoms with Crippen LogP contribution in [0.4, 0.5) is 0 Å². The molecule has 1 heterocycles. The number of hydrogen-bond acceptors (Lipinski definition) is 9. The minimum atomic E-state index is -5.60. The summed E-state index contributed by atoms with van der Waals surface area (Å²) in [6, 6.07) is 0.997. The average molecular weight is 440 g/mol. The molecule has 18 heteroatoms. The number of nitrogens with one attached hydrogen (secondary N) is 1. The number of rotatable bonds is 10. The van der Waals surface area contributed by atoms with Crippen molar-refractivity contribution in [2.75, 3.05) is 13.0 Å². The zero-order valence-electron chi connectivity index (χ0n) is 12.6. The highest BCUT2D eigenvalue weighted by molar-refractivity contribution is 7.68. The average Bonchev–Trinajstić information content (AvgIpc) is 2.41. The smallest absolute Gasteiger partial charge is 0.394 e. The maximum atomic E-state index is 11.6. The van der Waals surface area contributed by atoms with Gasteiger partial charge in [0, 0.05) is 12.3 Å². The van der Waals surface area contributed by atoms with Gasteiger partial charge < -0.3 is 29.4 Å². The van der Waals surface area contributed by atoms with Crippen LogP contribution in [0.25, 0.3) is 0 Å². The first kappa shape index (κ1) is 23.1. The highest BCUT2D eigenvalue weighted by Crippen LogP contribution is 2.65. The molecule has 1 aromatic heterocycles. The maximum absolute atomic E-state index is 11.6. The third-order valence-corrected chi connectivity index (χ3v) is 6.41. The lowest BCUT2D eigenvalue weighted by molar-refractivity contribution is 0.0187. The highest BCUT2D eigenvalue weighted by Gasteiger charge is 2.40.